The number of rotatable bonds is 4. The molecule has 30 heavy (non-hydrogen) atoms. The molecule has 0 unspecified atom stereocenters. The maximum Gasteiger partial charge on any atom is 0.255 e. The number of piperidine rings is 1. The van der Waals surface area contributed by atoms with Crippen LogP contribution in [-0.4, -0.2) is 50.4 Å². The highest BCUT2D eigenvalue weighted by atomic mass is 16.1. The van der Waals surface area contributed by atoms with Gasteiger partial charge in [0.25, 0.3) is 5.56 Å². The average molecular weight is 409 g/mol. The van der Waals surface area contributed by atoms with Crippen molar-refractivity contribution in [1.29, 1.82) is 0 Å². The van der Waals surface area contributed by atoms with Gasteiger partial charge in [-0.1, -0.05) is 12.5 Å². The van der Waals surface area contributed by atoms with E-state index in [0.717, 1.165) is 56.1 Å². The Morgan fingerprint density at radius 3 is 2.70 bits per heavy atom. The smallest absolute Gasteiger partial charge is 0.255 e. The van der Waals surface area contributed by atoms with Crippen molar-refractivity contribution in [3.05, 3.63) is 40.1 Å². The van der Waals surface area contributed by atoms with Crippen molar-refractivity contribution in [2.24, 2.45) is 17.8 Å². The van der Waals surface area contributed by atoms with E-state index in [-0.39, 0.29) is 5.56 Å². The maximum atomic E-state index is 13.4. The number of likely N-dealkylation sites (tertiary alicyclic amines) is 1. The van der Waals surface area contributed by atoms with Crippen LogP contribution < -0.4 is 10.5 Å². The van der Waals surface area contributed by atoms with Crippen LogP contribution >= 0.6 is 0 Å². The van der Waals surface area contributed by atoms with Crippen molar-refractivity contribution in [1.82, 2.24) is 24.2 Å². The molecule has 7 nitrogen and oxygen atoms in total. The molecule has 0 radical (unpaired) electrons. The van der Waals surface area contributed by atoms with Crippen molar-refractivity contribution in [2.45, 2.75) is 58.2 Å². The van der Waals surface area contributed by atoms with Crippen LogP contribution in [0.15, 0.2) is 23.3 Å². The normalized spacial score (nSPS) is 30.5. The van der Waals surface area contributed by atoms with Gasteiger partial charge < -0.3 is 9.47 Å². The molecule has 0 spiro atoms. The highest BCUT2D eigenvalue weighted by molar-refractivity contribution is 5.34. The molecule has 2 bridgehead atoms. The Labute approximate surface area is 177 Å². The van der Waals surface area contributed by atoms with Crippen LogP contribution in [0.25, 0.3) is 0 Å². The van der Waals surface area contributed by atoms with Gasteiger partial charge in [-0.15, -0.1) is 0 Å². The molecule has 1 saturated carbocycles. The summed E-state index contributed by atoms with van der Waals surface area (Å²) in [6, 6.07) is 4.36. The van der Waals surface area contributed by atoms with Gasteiger partial charge in [0, 0.05) is 63.0 Å². The zero-order valence-electron chi connectivity index (χ0n) is 17.9. The Bertz CT molecular complexity index is 984. The topological polar surface area (TPSA) is 59.2 Å². The van der Waals surface area contributed by atoms with Gasteiger partial charge in [0.05, 0.1) is 0 Å². The van der Waals surface area contributed by atoms with Gasteiger partial charge in [-0.25, -0.2) is 4.68 Å². The van der Waals surface area contributed by atoms with E-state index in [2.05, 4.69) is 43.5 Å². The molecular formula is C23H32N6O. The standard InChI is InChI=1S/C23H32N6O/c1-2-29-23(24-15-25-29)27-9-16-8-20(14-27)21-7-6-19(22(30)28(21)10-16)13-26-11-17-4-3-5-18(17)12-26/h6-7,15-18,20H,2-5,8-14H2,1H3/t16-,17-,18+,20+/m0/s1. The number of pyridine rings is 1. The van der Waals surface area contributed by atoms with E-state index >= 15 is 0 Å². The molecule has 1 aliphatic carbocycles. The summed E-state index contributed by atoms with van der Waals surface area (Å²) in [4.78, 5) is 22.8. The summed E-state index contributed by atoms with van der Waals surface area (Å²) in [6.07, 6.45) is 7.00. The minimum atomic E-state index is 0.254. The van der Waals surface area contributed by atoms with Gasteiger partial charge in [0.15, 0.2) is 0 Å². The molecular weight excluding hydrogens is 376 g/mol. The van der Waals surface area contributed by atoms with E-state index in [9.17, 15) is 4.79 Å². The molecule has 0 aromatic carbocycles. The van der Waals surface area contributed by atoms with Crippen molar-refractivity contribution in [3.63, 3.8) is 0 Å². The van der Waals surface area contributed by atoms with Crippen LogP contribution in [0.1, 0.15) is 49.8 Å². The Morgan fingerprint density at radius 2 is 1.90 bits per heavy atom. The zero-order valence-corrected chi connectivity index (χ0v) is 17.9. The second-order valence-electron chi connectivity index (χ2n) is 9.92. The number of aryl methyl sites for hydroxylation is 1. The van der Waals surface area contributed by atoms with Crippen LogP contribution in [0.2, 0.25) is 0 Å². The van der Waals surface area contributed by atoms with E-state index in [1.54, 1.807) is 6.33 Å². The minimum absolute atomic E-state index is 0.254. The molecule has 7 heteroatoms. The lowest BCUT2D eigenvalue weighted by Crippen LogP contribution is -2.48. The van der Waals surface area contributed by atoms with Crippen LogP contribution in [0, 0.1) is 17.8 Å². The first-order chi connectivity index (χ1) is 14.7. The Morgan fingerprint density at radius 1 is 1.07 bits per heavy atom. The lowest BCUT2D eigenvalue weighted by Gasteiger charge is -2.43. The third kappa shape index (κ3) is 3.01. The number of anilines is 1. The summed E-state index contributed by atoms with van der Waals surface area (Å²) in [7, 11) is 0. The van der Waals surface area contributed by atoms with Gasteiger partial charge in [0.1, 0.15) is 6.33 Å². The average Bonchev–Trinajstić information content (AvgIpc) is 3.46. The summed E-state index contributed by atoms with van der Waals surface area (Å²) >= 11 is 0. The fourth-order valence-corrected chi connectivity index (χ4v) is 6.70. The monoisotopic (exact) mass is 408 g/mol. The molecule has 2 aromatic rings. The van der Waals surface area contributed by atoms with Crippen molar-refractivity contribution < 1.29 is 0 Å². The SMILES string of the molecule is CCn1ncnc1N1C[C@@H]2C[C@H](C1)c1ccc(CN3C[C@H]4CCC[C@H]4C3)c(=O)n1C2. The maximum absolute atomic E-state index is 13.4. The third-order valence-electron chi connectivity index (χ3n) is 8.06. The lowest BCUT2D eigenvalue weighted by molar-refractivity contribution is 0.272. The Hall–Kier alpha value is -2.15. The molecule has 0 amide bonds. The lowest BCUT2D eigenvalue weighted by atomic mass is 9.83. The van der Waals surface area contributed by atoms with Gasteiger partial charge in [-0.05, 0) is 50.0 Å². The second-order valence-corrected chi connectivity index (χ2v) is 9.92. The molecule has 6 rings (SSSR count). The predicted octanol–water partition coefficient (Wildman–Crippen LogP) is 2.32. The number of fused-ring (bicyclic) bond motifs is 5. The number of aromatic nitrogens is 4. The van der Waals surface area contributed by atoms with Crippen LogP contribution in [0.4, 0.5) is 5.95 Å². The molecule has 2 saturated heterocycles. The van der Waals surface area contributed by atoms with E-state index < -0.39 is 0 Å². The Balaban J connectivity index is 1.23. The highest BCUT2D eigenvalue weighted by Gasteiger charge is 2.38. The summed E-state index contributed by atoms with van der Waals surface area (Å²) in [5, 5.41) is 4.35. The van der Waals surface area contributed by atoms with Crippen molar-refractivity contribution >= 4 is 5.95 Å². The quantitative estimate of drug-likeness (QED) is 0.777. The molecule has 2 aromatic heterocycles. The van der Waals surface area contributed by atoms with Gasteiger partial charge in [0.2, 0.25) is 5.95 Å². The van der Waals surface area contributed by atoms with Crippen LogP contribution in [0.5, 0.6) is 0 Å². The predicted molar refractivity (Wildman–Crippen MR) is 116 cm³/mol. The zero-order chi connectivity index (χ0) is 20.2. The molecule has 0 N–H and O–H groups in total. The molecule has 3 aliphatic heterocycles. The van der Waals surface area contributed by atoms with Gasteiger partial charge >= 0.3 is 0 Å². The minimum Gasteiger partial charge on any atom is -0.340 e. The summed E-state index contributed by atoms with van der Waals surface area (Å²) in [5.41, 5.74) is 2.45. The summed E-state index contributed by atoms with van der Waals surface area (Å²) < 4.78 is 4.08. The number of nitrogens with zero attached hydrogens (tertiary/aromatic N) is 6. The Kier molecular flexibility index (Phi) is 4.48. The fourth-order valence-electron chi connectivity index (χ4n) is 6.70. The largest absolute Gasteiger partial charge is 0.340 e. The van der Waals surface area contributed by atoms with Crippen LogP contribution in [-0.2, 0) is 19.6 Å². The first kappa shape index (κ1) is 18.6. The third-order valence-corrected chi connectivity index (χ3v) is 8.06. The van der Waals surface area contributed by atoms with Gasteiger partial charge in [-0.3, -0.25) is 9.69 Å². The van der Waals surface area contributed by atoms with E-state index in [0.29, 0.717) is 11.8 Å². The van der Waals surface area contributed by atoms with Gasteiger partial charge in [-0.2, -0.15) is 10.1 Å². The number of hydrogen-bond acceptors (Lipinski definition) is 5. The van der Waals surface area contributed by atoms with E-state index in [1.165, 1.54) is 44.5 Å². The fraction of sp³-hybridized carbons (Fsp3) is 0.696. The summed E-state index contributed by atoms with van der Waals surface area (Å²) in [6.45, 7) is 8.85. The first-order valence-electron chi connectivity index (χ1n) is 11.8. The first-order valence-corrected chi connectivity index (χ1v) is 11.8. The molecule has 4 aliphatic rings. The van der Waals surface area contributed by atoms with Crippen LogP contribution in [0.3, 0.4) is 0 Å². The van der Waals surface area contributed by atoms with E-state index in [4.69, 9.17) is 0 Å². The van der Waals surface area contributed by atoms with Crippen molar-refractivity contribution in [2.75, 3.05) is 31.1 Å². The summed E-state index contributed by atoms with van der Waals surface area (Å²) in [5.74, 6) is 3.62. The molecule has 4 atom stereocenters. The van der Waals surface area contributed by atoms with E-state index in [1.807, 2.05) is 4.68 Å². The number of hydrogen-bond donors (Lipinski definition) is 0. The molecule has 5 heterocycles. The van der Waals surface area contributed by atoms with Crippen molar-refractivity contribution in [3.8, 4) is 0 Å². The molecule has 3 fully saturated rings. The molecule has 160 valence electrons. The second kappa shape index (κ2) is 7.22. The highest BCUT2D eigenvalue weighted by Crippen LogP contribution is 2.39.